The summed E-state index contributed by atoms with van der Waals surface area (Å²) in [6.45, 7) is 1.68. The Bertz CT molecular complexity index is 448. The van der Waals surface area contributed by atoms with E-state index < -0.39 is 0 Å². The molecule has 0 saturated carbocycles. The SMILES string of the molecule is COCc1cccc(CNC2CC3CCCC(C2)N3C)c1. The van der Waals surface area contributed by atoms with Crippen LogP contribution in [0.1, 0.15) is 43.2 Å². The maximum absolute atomic E-state index is 5.21. The van der Waals surface area contributed by atoms with Gasteiger partial charge < -0.3 is 15.0 Å². The second kappa shape index (κ2) is 6.91. The molecule has 2 fully saturated rings. The standard InChI is InChI=1S/C18H28N2O/c1-20-17-7-4-8-18(20)11-16(10-17)19-12-14-5-3-6-15(9-14)13-21-2/h3,5-6,9,16-19H,4,7-8,10-13H2,1-2H3. The molecule has 2 atom stereocenters. The molecule has 1 aromatic rings. The lowest BCUT2D eigenvalue weighted by atomic mass is 9.82. The molecule has 0 aromatic heterocycles. The third-order valence-corrected chi connectivity index (χ3v) is 5.24. The van der Waals surface area contributed by atoms with Crippen LogP contribution in [0.15, 0.2) is 24.3 Å². The minimum atomic E-state index is 0.683. The predicted octanol–water partition coefficient (Wildman–Crippen LogP) is 2.94. The number of ether oxygens (including phenoxy) is 1. The highest BCUT2D eigenvalue weighted by molar-refractivity contribution is 5.23. The largest absolute Gasteiger partial charge is 0.380 e. The molecule has 0 amide bonds. The quantitative estimate of drug-likeness (QED) is 0.901. The number of methoxy groups -OCH3 is 1. The summed E-state index contributed by atoms with van der Waals surface area (Å²) in [5.41, 5.74) is 2.63. The van der Waals surface area contributed by atoms with Gasteiger partial charge in [0, 0.05) is 31.8 Å². The van der Waals surface area contributed by atoms with Gasteiger partial charge in [0.25, 0.3) is 0 Å². The van der Waals surface area contributed by atoms with E-state index in [0.29, 0.717) is 12.6 Å². The van der Waals surface area contributed by atoms with Crippen molar-refractivity contribution in [2.75, 3.05) is 14.2 Å². The van der Waals surface area contributed by atoms with Gasteiger partial charge in [0.15, 0.2) is 0 Å². The molecule has 116 valence electrons. The summed E-state index contributed by atoms with van der Waals surface area (Å²) >= 11 is 0. The monoisotopic (exact) mass is 288 g/mol. The minimum absolute atomic E-state index is 0.683. The summed E-state index contributed by atoms with van der Waals surface area (Å²) in [6.07, 6.45) is 6.81. The minimum Gasteiger partial charge on any atom is -0.380 e. The first-order valence-electron chi connectivity index (χ1n) is 8.28. The fraction of sp³-hybridized carbons (Fsp3) is 0.667. The number of rotatable bonds is 5. The van der Waals surface area contributed by atoms with Crippen molar-refractivity contribution in [3.8, 4) is 0 Å². The summed E-state index contributed by atoms with van der Waals surface area (Å²) in [4.78, 5) is 2.63. The normalized spacial score (nSPS) is 29.5. The lowest BCUT2D eigenvalue weighted by molar-refractivity contribution is 0.0482. The molecule has 2 heterocycles. The molecule has 21 heavy (non-hydrogen) atoms. The molecule has 0 radical (unpaired) electrons. The number of nitrogens with one attached hydrogen (secondary N) is 1. The lowest BCUT2D eigenvalue weighted by Gasteiger charge is -2.47. The van der Waals surface area contributed by atoms with E-state index >= 15 is 0 Å². The van der Waals surface area contributed by atoms with E-state index in [1.165, 1.54) is 43.2 Å². The molecule has 2 saturated heterocycles. The molecule has 1 N–H and O–H groups in total. The van der Waals surface area contributed by atoms with Gasteiger partial charge in [0.1, 0.15) is 0 Å². The van der Waals surface area contributed by atoms with Gasteiger partial charge in [-0.2, -0.15) is 0 Å². The van der Waals surface area contributed by atoms with E-state index in [0.717, 1.165) is 18.6 Å². The first-order chi connectivity index (χ1) is 10.3. The van der Waals surface area contributed by atoms with E-state index in [9.17, 15) is 0 Å². The number of benzene rings is 1. The Hall–Kier alpha value is -0.900. The first-order valence-corrected chi connectivity index (χ1v) is 8.28. The van der Waals surface area contributed by atoms with Gasteiger partial charge in [-0.3, -0.25) is 0 Å². The van der Waals surface area contributed by atoms with Crippen molar-refractivity contribution in [3.63, 3.8) is 0 Å². The van der Waals surface area contributed by atoms with Crippen LogP contribution in [0.3, 0.4) is 0 Å². The molecule has 3 nitrogen and oxygen atoms in total. The second-order valence-electron chi connectivity index (χ2n) is 6.71. The van der Waals surface area contributed by atoms with Crippen LogP contribution in [0.2, 0.25) is 0 Å². The van der Waals surface area contributed by atoms with E-state index in [1.54, 1.807) is 7.11 Å². The van der Waals surface area contributed by atoms with Crippen molar-refractivity contribution in [1.82, 2.24) is 10.2 Å². The van der Waals surface area contributed by atoms with E-state index in [2.05, 4.69) is 41.5 Å². The van der Waals surface area contributed by atoms with Crippen LogP contribution in [0.25, 0.3) is 0 Å². The summed E-state index contributed by atoms with van der Waals surface area (Å²) < 4.78 is 5.21. The van der Waals surface area contributed by atoms with Crippen LogP contribution in [-0.4, -0.2) is 37.2 Å². The highest BCUT2D eigenvalue weighted by atomic mass is 16.5. The highest BCUT2D eigenvalue weighted by Gasteiger charge is 2.35. The van der Waals surface area contributed by atoms with Crippen molar-refractivity contribution < 1.29 is 4.74 Å². The molecule has 3 heteroatoms. The number of nitrogens with zero attached hydrogens (tertiary/aromatic N) is 1. The molecule has 3 rings (SSSR count). The zero-order valence-corrected chi connectivity index (χ0v) is 13.3. The van der Waals surface area contributed by atoms with Crippen molar-refractivity contribution >= 4 is 0 Å². The van der Waals surface area contributed by atoms with Gasteiger partial charge in [-0.05, 0) is 43.9 Å². The Morgan fingerprint density at radius 3 is 2.62 bits per heavy atom. The van der Waals surface area contributed by atoms with Crippen LogP contribution in [0, 0.1) is 0 Å². The maximum atomic E-state index is 5.21. The number of fused-ring (bicyclic) bond motifs is 2. The van der Waals surface area contributed by atoms with Crippen LogP contribution < -0.4 is 5.32 Å². The molecule has 2 unspecified atom stereocenters. The van der Waals surface area contributed by atoms with Gasteiger partial charge in [0.05, 0.1) is 6.61 Å². The average molecular weight is 288 g/mol. The Balaban J connectivity index is 1.54. The lowest BCUT2D eigenvalue weighted by Crippen LogP contribution is -2.54. The van der Waals surface area contributed by atoms with Crippen molar-refractivity contribution in [2.45, 2.75) is 63.4 Å². The molecular formula is C18H28N2O. The number of hydrogen-bond acceptors (Lipinski definition) is 3. The first kappa shape index (κ1) is 15.0. The van der Waals surface area contributed by atoms with Crippen LogP contribution in [0.4, 0.5) is 0 Å². The molecular weight excluding hydrogens is 260 g/mol. The Morgan fingerprint density at radius 2 is 1.90 bits per heavy atom. The summed E-state index contributed by atoms with van der Waals surface area (Å²) in [5, 5.41) is 3.79. The van der Waals surface area contributed by atoms with Gasteiger partial charge in [-0.25, -0.2) is 0 Å². The molecule has 0 aliphatic carbocycles. The third kappa shape index (κ3) is 3.65. The molecule has 1 aromatic carbocycles. The molecule has 2 aliphatic heterocycles. The van der Waals surface area contributed by atoms with Gasteiger partial charge in [-0.1, -0.05) is 30.7 Å². The van der Waals surface area contributed by atoms with Crippen LogP contribution in [0.5, 0.6) is 0 Å². The topological polar surface area (TPSA) is 24.5 Å². The zero-order chi connectivity index (χ0) is 14.7. The zero-order valence-electron chi connectivity index (χ0n) is 13.3. The predicted molar refractivity (Wildman–Crippen MR) is 86.2 cm³/mol. The van der Waals surface area contributed by atoms with E-state index in [-0.39, 0.29) is 0 Å². The summed E-state index contributed by atoms with van der Waals surface area (Å²) in [6, 6.07) is 11.0. The number of hydrogen-bond donors (Lipinski definition) is 1. The Labute approximate surface area is 128 Å². The molecule has 2 bridgehead atoms. The van der Waals surface area contributed by atoms with Crippen molar-refractivity contribution in [3.05, 3.63) is 35.4 Å². The smallest absolute Gasteiger partial charge is 0.0713 e. The fourth-order valence-electron chi connectivity index (χ4n) is 4.04. The Morgan fingerprint density at radius 1 is 1.19 bits per heavy atom. The second-order valence-corrected chi connectivity index (χ2v) is 6.71. The average Bonchev–Trinajstić information content (AvgIpc) is 2.46. The van der Waals surface area contributed by atoms with E-state index in [1.807, 2.05) is 0 Å². The van der Waals surface area contributed by atoms with Crippen molar-refractivity contribution in [1.29, 1.82) is 0 Å². The fourth-order valence-corrected chi connectivity index (χ4v) is 4.04. The van der Waals surface area contributed by atoms with Gasteiger partial charge >= 0.3 is 0 Å². The number of piperidine rings is 2. The van der Waals surface area contributed by atoms with Crippen molar-refractivity contribution in [2.24, 2.45) is 0 Å². The highest BCUT2D eigenvalue weighted by Crippen LogP contribution is 2.32. The maximum Gasteiger partial charge on any atom is 0.0713 e. The van der Waals surface area contributed by atoms with Gasteiger partial charge in [0.2, 0.25) is 0 Å². The van der Waals surface area contributed by atoms with Crippen LogP contribution in [-0.2, 0) is 17.9 Å². The molecule has 2 aliphatic rings. The van der Waals surface area contributed by atoms with Gasteiger partial charge in [-0.15, -0.1) is 0 Å². The summed E-state index contributed by atoms with van der Waals surface area (Å²) in [5.74, 6) is 0. The third-order valence-electron chi connectivity index (χ3n) is 5.24. The molecule has 0 spiro atoms. The van der Waals surface area contributed by atoms with E-state index in [4.69, 9.17) is 4.74 Å². The Kier molecular flexibility index (Phi) is 4.94. The van der Waals surface area contributed by atoms with Crippen LogP contribution >= 0.6 is 0 Å². The summed E-state index contributed by atoms with van der Waals surface area (Å²) in [7, 11) is 4.07.